The van der Waals surface area contributed by atoms with Crippen molar-refractivity contribution in [3.63, 3.8) is 0 Å². The quantitative estimate of drug-likeness (QED) is 0.164. The predicted octanol–water partition coefficient (Wildman–Crippen LogP) is 17.5. The van der Waals surface area contributed by atoms with Crippen LogP contribution in [0.5, 0.6) is 11.5 Å². The number of fused-ring (bicyclic) bond motifs is 18. The van der Waals surface area contributed by atoms with E-state index in [4.69, 9.17) is 4.74 Å². The average Bonchev–Trinajstić information content (AvgIpc) is 3.53. The van der Waals surface area contributed by atoms with E-state index in [1.54, 1.807) is 0 Å². The highest BCUT2D eigenvalue weighted by Crippen LogP contribution is 2.64. The maximum absolute atomic E-state index is 6.63. The van der Waals surface area contributed by atoms with Crippen LogP contribution in [0.2, 0.25) is 0 Å². The van der Waals surface area contributed by atoms with Gasteiger partial charge >= 0.3 is 0 Å². The van der Waals surface area contributed by atoms with Gasteiger partial charge in [-0.3, -0.25) is 0 Å². The molecule has 67 heavy (non-hydrogen) atoms. The van der Waals surface area contributed by atoms with Gasteiger partial charge in [0.2, 0.25) is 0 Å². The van der Waals surface area contributed by atoms with Gasteiger partial charge in [0.05, 0.1) is 5.41 Å². The van der Waals surface area contributed by atoms with Gasteiger partial charge in [0.25, 0.3) is 0 Å². The second-order valence-corrected chi connectivity index (χ2v) is 18.3. The minimum absolute atomic E-state index is 0.626. The molecule has 2 aliphatic carbocycles. The summed E-state index contributed by atoms with van der Waals surface area (Å²) in [5.74, 6) is 1.72. The van der Waals surface area contributed by atoms with Gasteiger partial charge < -0.3 is 9.64 Å². The molecule has 2 nitrogen and oxygen atoms in total. The third kappa shape index (κ3) is 4.94. The predicted molar refractivity (Wildman–Crippen MR) is 278 cm³/mol. The van der Waals surface area contributed by atoms with Crippen molar-refractivity contribution in [1.29, 1.82) is 0 Å². The number of anilines is 3. The zero-order valence-electron chi connectivity index (χ0n) is 36.4. The van der Waals surface area contributed by atoms with Crippen LogP contribution in [0.4, 0.5) is 17.1 Å². The molecule has 0 amide bonds. The minimum Gasteiger partial charge on any atom is -0.456 e. The Balaban J connectivity index is 1.03. The molecule has 1 heterocycles. The molecule has 1 unspecified atom stereocenters. The number of para-hydroxylation sites is 3. The van der Waals surface area contributed by atoms with Crippen molar-refractivity contribution in [2.75, 3.05) is 4.90 Å². The van der Waals surface area contributed by atoms with Crippen molar-refractivity contribution in [3.8, 4) is 67.1 Å². The minimum atomic E-state index is -0.626. The van der Waals surface area contributed by atoms with E-state index >= 15 is 0 Å². The Morgan fingerprint density at radius 2 is 0.806 bits per heavy atom. The van der Waals surface area contributed by atoms with Crippen LogP contribution in [0.15, 0.2) is 237 Å². The van der Waals surface area contributed by atoms with Gasteiger partial charge in [0.1, 0.15) is 11.5 Å². The number of hydrogen-bond donors (Lipinski definition) is 0. The molecule has 2 heteroatoms. The van der Waals surface area contributed by atoms with Crippen molar-refractivity contribution < 1.29 is 4.74 Å². The normalized spacial score (nSPS) is 14.7. The van der Waals surface area contributed by atoms with Crippen LogP contribution in [0.25, 0.3) is 88.0 Å². The van der Waals surface area contributed by atoms with E-state index in [0.29, 0.717) is 0 Å². The molecule has 12 aromatic carbocycles. The fourth-order valence-electron chi connectivity index (χ4n) is 12.3. The van der Waals surface area contributed by atoms with Crippen molar-refractivity contribution in [2.24, 2.45) is 0 Å². The third-order valence-corrected chi connectivity index (χ3v) is 15.0. The summed E-state index contributed by atoms with van der Waals surface area (Å²) in [6.07, 6.45) is 0. The molecule has 15 rings (SSSR count). The monoisotopic (exact) mass is 849 g/mol. The Morgan fingerprint density at radius 3 is 1.55 bits per heavy atom. The van der Waals surface area contributed by atoms with E-state index in [1.807, 2.05) is 6.07 Å². The second kappa shape index (κ2) is 13.7. The number of rotatable bonds is 3. The molecular weight excluding hydrogens is 811 g/mol. The molecule has 0 saturated heterocycles. The maximum Gasteiger partial charge on any atom is 0.135 e. The van der Waals surface area contributed by atoms with Gasteiger partial charge in [-0.1, -0.05) is 182 Å². The Labute approximate surface area is 388 Å². The molecule has 1 spiro atoms. The second-order valence-electron chi connectivity index (χ2n) is 18.3. The molecule has 12 aromatic rings. The smallest absolute Gasteiger partial charge is 0.135 e. The zero-order chi connectivity index (χ0) is 43.8. The van der Waals surface area contributed by atoms with Crippen LogP contribution >= 0.6 is 0 Å². The first-order valence-electron chi connectivity index (χ1n) is 23.2. The summed E-state index contributed by atoms with van der Waals surface area (Å²) >= 11 is 0. The number of nitrogens with zero attached hydrogens (tertiary/aromatic N) is 1. The van der Waals surface area contributed by atoms with Crippen LogP contribution in [0.3, 0.4) is 0 Å². The fourth-order valence-corrected chi connectivity index (χ4v) is 12.3. The lowest BCUT2D eigenvalue weighted by Gasteiger charge is -2.36. The van der Waals surface area contributed by atoms with Crippen LogP contribution in [0, 0.1) is 0 Å². The van der Waals surface area contributed by atoms with E-state index in [0.717, 1.165) is 50.8 Å². The standard InChI is InChI=1S/C65H39NO/c1-2-17-43(18-3-1)66(44-32-35-48-50-22-8-12-27-60(50)67-61-28-13-9-23-51(61)54(48)38-44)45-33-36-58-55(39-45)47-20-5-4-19-46(47)49-21-6-10-25-56(49)65(58)57-26-11-7-24-52(57)64-53-34-31-41-16-14-15-40-29-30-42(37-59(64)65)63(53)62(40)41/h1-39H. The molecule has 1 aliphatic heterocycles. The van der Waals surface area contributed by atoms with Crippen molar-refractivity contribution in [1.82, 2.24) is 0 Å². The van der Waals surface area contributed by atoms with E-state index in [-0.39, 0.29) is 0 Å². The molecule has 0 aromatic heterocycles. The first kappa shape index (κ1) is 36.6. The summed E-state index contributed by atoms with van der Waals surface area (Å²) < 4.78 is 6.63. The molecule has 1 atom stereocenters. The average molecular weight is 850 g/mol. The highest BCUT2D eigenvalue weighted by molar-refractivity contribution is 6.27. The molecule has 0 fully saturated rings. The molecule has 0 saturated carbocycles. The van der Waals surface area contributed by atoms with Gasteiger partial charge in [0, 0.05) is 28.2 Å². The summed E-state index contributed by atoms with van der Waals surface area (Å²) in [5.41, 5.74) is 19.9. The highest BCUT2D eigenvalue weighted by atomic mass is 16.5. The van der Waals surface area contributed by atoms with E-state index in [9.17, 15) is 0 Å². The first-order valence-corrected chi connectivity index (χ1v) is 23.2. The van der Waals surface area contributed by atoms with Gasteiger partial charge in [-0.05, 0) is 154 Å². The SMILES string of the molecule is c1ccc(N(c2ccc3c(c2)-c2ccccc2Oc2ccccc2-3)c2ccc3c(c2)-c2ccccc2-c2ccccc2C32c3ccccc3-c3c2cc2ccc4cccc5ccc3c2c45)cc1. The molecular formula is C65H39NO. The Kier molecular flexibility index (Phi) is 7.46. The summed E-state index contributed by atoms with van der Waals surface area (Å²) in [4.78, 5) is 2.43. The van der Waals surface area contributed by atoms with E-state index < -0.39 is 5.41 Å². The van der Waals surface area contributed by atoms with Crippen LogP contribution < -0.4 is 9.64 Å². The fraction of sp³-hybridized carbons (Fsp3) is 0.0154. The van der Waals surface area contributed by atoms with Crippen LogP contribution in [0.1, 0.15) is 22.3 Å². The van der Waals surface area contributed by atoms with Crippen molar-refractivity contribution in [2.45, 2.75) is 5.41 Å². The summed E-state index contributed by atoms with van der Waals surface area (Å²) in [6.45, 7) is 0. The van der Waals surface area contributed by atoms with Gasteiger partial charge in [-0.2, -0.15) is 0 Å². The van der Waals surface area contributed by atoms with E-state index in [2.05, 4.69) is 235 Å². The summed E-state index contributed by atoms with van der Waals surface area (Å²) in [6, 6.07) is 87.9. The lowest BCUT2D eigenvalue weighted by Crippen LogP contribution is -2.29. The number of benzene rings is 12. The summed E-state index contributed by atoms with van der Waals surface area (Å²) in [5, 5.41) is 7.84. The maximum atomic E-state index is 6.63. The van der Waals surface area contributed by atoms with Crippen LogP contribution in [-0.4, -0.2) is 0 Å². The Bertz CT molecular complexity index is 4020. The first-order chi connectivity index (χ1) is 33.2. The lowest BCUT2D eigenvalue weighted by atomic mass is 9.65. The Morgan fingerprint density at radius 1 is 0.284 bits per heavy atom. The van der Waals surface area contributed by atoms with Gasteiger partial charge in [-0.25, -0.2) is 0 Å². The number of ether oxygens (including phenoxy) is 1. The highest BCUT2D eigenvalue weighted by Gasteiger charge is 2.50. The lowest BCUT2D eigenvalue weighted by molar-refractivity contribution is 0.488. The zero-order valence-corrected chi connectivity index (χ0v) is 36.4. The molecule has 0 radical (unpaired) electrons. The molecule has 0 bridgehead atoms. The third-order valence-electron chi connectivity index (χ3n) is 15.0. The molecule has 310 valence electrons. The molecule has 3 aliphatic rings. The van der Waals surface area contributed by atoms with Gasteiger partial charge in [0.15, 0.2) is 0 Å². The molecule has 0 N–H and O–H groups in total. The topological polar surface area (TPSA) is 12.5 Å². The van der Waals surface area contributed by atoms with Crippen molar-refractivity contribution >= 4 is 49.4 Å². The summed E-state index contributed by atoms with van der Waals surface area (Å²) in [7, 11) is 0. The van der Waals surface area contributed by atoms with Crippen molar-refractivity contribution in [3.05, 3.63) is 259 Å². The largest absolute Gasteiger partial charge is 0.456 e. The number of hydrogen-bond acceptors (Lipinski definition) is 2. The Hall–Kier alpha value is -8.72. The van der Waals surface area contributed by atoms with Crippen LogP contribution in [-0.2, 0) is 5.41 Å². The van der Waals surface area contributed by atoms with E-state index in [1.165, 1.54) is 88.0 Å². The van der Waals surface area contributed by atoms with Gasteiger partial charge in [-0.15, -0.1) is 0 Å².